The molecule has 0 radical (unpaired) electrons. The van der Waals surface area contributed by atoms with Crippen molar-refractivity contribution >= 4 is 5.97 Å². The molecule has 0 aromatic carbocycles. The van der Waals surface area contributed by atoms with Crippen LogP contribution in [0.1, 0.15) is 53.4 Å². The first-order valence-electron chi connectivity index (χ1n) is 10.5. The minimum atomic E-state index is -0.501. The Labute approximate surface area is 170 Å². The Kier molecular flexibility index (Phi) is 8.29. The van der Waals surface area contributed by atoms with Crippen molar-refractivity contribution in [1.82, 2.24) is 0 Å². The van der Waals surface area contributed by atoms with Crippen molar-refractivity contribution < 1.29 is 24.1 Å². The fourth-order valence-electron chi connectivity index (χ4n) is 4.33. The lowest BCUT2D eigenvalue weighted by Crippen LogP contribution is -2.43. The normalized spacial score (nSPS) is 30.1. The number of aliphatic hydroxyl groups excluding tert-OH is 1. The number of allylic oxidation sites excluding steroid dienone is 2. The van der Waals surface area contributed by atoms with E-state index in [1.807, 2.05) is 20.8 Å². The zero-order valence-electron chi connectivity index (χ0n) is 18.3. The highest BCUT2D eigenvalue weighted by atomic mass is 16.7. The van der Waals surface area contributed by atoms with Crippen molar-refractivity contribution in [3.05, 3.63) is 23.8 Å². The van der Waals surface area contributed by atoms with Crippen molar-refractivity contribution in [2.45, 2.75) is 65.8 Å². The summed E-state index contributed by atoms with van der Waals surface area (Å²) in [6, 6.07) is 0. The summed E-state index contributed by atoms with van der Waals surface area (Å²) in [7, 11) is 3.32. The number of methoxy groups -OCH3 is 2. The van der Waals surface area contributed by atoms with E-state index in [4.69, 9.17) is 14.2 Å². The molecule has 2 aliphatic rings. The van der Waals surface area contributed by atoms with E-state index in [0.29, 0.717) is 18.3 Å². The van der Waals surface area contributed by atoms with E-state index >= 15 is 0 Å². The van der Waals surface area contributed by atoms with Crippen LogP contribution in [0.3, 0.4) is 0 Å². The lowest BCUT2D eigenvalue weighted by molar-refractivity contribution is -0.165. The summed E-state index contributed by atoms with van der Waals surface area (Å²) in [5, 5.41) is 9.75. The van der Waals surface area contributed by atoms with Crippen LogP contribution < -0.4 is 0 Å². The topological polar surface area (TPSA) is 65.0 Å². The molecule has 5 heteroatoms. The maximum atomic E-state index is 12.8. The number of fused-ring (bicyclic) bond motifs is 1. The molecule has 1 N–H and O–H groups in total. The van der Waals surface area contributed by atoms with Crippen LogP contribution in [0.5, 0.6) is 0 Å². The highest BCUT2D eigenvalue weighted by molar-refractivity contribution is 5.76. The fraction of sp³-hybridized carbons (Fsp3) is 0.783. The summed E-state index contributed by atoms with van der Waals surface area (Å²) < 4.78 is 16.8. The SMILES string of the molecule is CCC(C)(C)C(=O)OC1CC(CO)C=C2C=CC(C)C(CCC(OC)OC)[C@@H]21. The van der Waals surface area contributed by atoms with Gasteiger partial charge in [-0.05, 0) is 56.9 Å². The van der Waals surface area contributed by atoms with E-state index in [1.54, 1.807) is 14.2 Å². The third-order valence-corrected chi connectivity index (χ3v) is 6.67. The lowest BCUT2D eigenvalue weighted by Gasteiger charge is -2.44. The van der Waals surface area contributed by atoms with E-state index < -0.39 is 5.41 Å². The Balaban J connectivity index is 2.27. The van der Waals surface area contributed by atoms with Gasteiger partial charge in [-0.1, -0.05) is 32.1 Å². The van der Waals surface area contributed by atoms with E-state index in [0.717, 1.165) is 19.3 Å². The van der Waals surface area contributed by atoms with Gasteiger partial charge in [0, 0.05) is 32.7 Å². The molecule has 4 unspecified atom stereocenters. The van der Waals surface area contributed by atoms with Gasteiger partial charge in [0.05, 0.1) is 5.41 Å². The van der Waals surface area contributed by atoms with Gasteiger partial charge < -0.3 is 19.3 Å². The third kappa shape index (κ3) is 5.25. The monoisotopic (exact) mass is 394 g/mol. The largest absolute Gasteiger partial charge is 0.461 e. The molecule has 5 atom stereocenters. The molecule has 0 heterocycles. The Morgan fingerprint density at radius 2 is 2.00 bits per heavy atom. The molecule has 0 aliphatic heterocycles. The Morgan fingerprint density at radius 1 is 1.32 bits per heavy atom. The Hall–Kier alpha value is -1.17. The number of ether oxygens (including phenoxy) is 3. The standard InChI is InChI=1S/C23H38O5/c1-7-23(3,4)22(25)28-19-13-16(14-24)12-17-9-8-15(2)18(21(17)19)10-11-20(26-5)27-6/h8-9,12,15-16,18-21,24H,7,10-11,13-14H2,1-6H3/t15?,16?,18?,19?,21-/m1/s1. The van der Waals surface area contributed by atoms with E-state index in [9.17, 15) is 9.90 Å². The van der Waals surface area contributed by atoms with Gasteiger partial charge >= 0.3 is 5.97 Å². The summed E-state index contributed by atoms with van der Waals surface area (Å²) in [5.74, 6) is 0.742. The molecule has 0 aromatic heterocycles. The maximum Gasteiger partial charge on any atom is 0.311 e. The summed E-state index contributed by atoms with van der Waals surface area (Å²) in [6.07, 6.45) is 9.25. The molecule has 0 spiro atoms. The molecule has 0 bridgehead atoms. The zero-order chi connectivity index (χ0) is 20.9. The molecule has 160 valence electrons. The van der Waals surface area contributed by atoms with Gasteiger partial charge in [0.1, 0.15) is 6.10 Å². The van der Waals surface area contributed by atoms with E-state index in [2.05, 4.69) is 25.2 Å². The zero-order valence-corrected chi connectivity index (χ0v) is 18.3. The molecule has 0 fully saturated rings. The third-order valence-electron chi connectivity index (χ3n) is 6.67. The maximum absolute atomic E-state index is 12.8. The van der Waals surface area contributed by atoms with E-state index in [1.165, 1.54) is 5.57 Å². The molecule has 2 rings (SSSR count). The van der Waals surface area contributed by atoms with Crippen LogP contribution in [0.4, 0.5) is 0 Å². The van der Waals surface area contributed by atoms with Crippen LogP contribution in [0.15, 0.2) is 23.8 Å². The number of esters is 1. The van der Waals surface area contributed by atoms with Crippen LogP contribution in [-0.4, -0.2) is 44.3 Å². The van der Waals surface area contributed by atoms with Crippen LogP contribution in [0, 0.1) is 29.1 Å². The summed E-state index contributed by atoms with van der Waals surface area (Å²) in [4.78, 5) is 12.8. The van der Waals surface area contributed by atoms with Gasteiger partial charge in [0.25, 0.3) is 0 Å². The van der Waals surface area contributed by atoms with Crippen molar-refractivity contribution in [1.29, 1.82) is 0 Å². The lowest BCUT2D eigenvalue weighted by atomic mass is 9.65. The number of hydrogen-bond donors (Lipinski definition) is 1. The van der Waals surface area contributed by atoms with Crippen molar-refractivity contribution in [3.8, 4) is 0 Å². The molecule has 5 nitrogen and oxygen atoms in total. The second kappa shape index (κ2) is 10.0. The number of carbonyl (C=O) groups excluding carboxylic acids is 1. The summed E-state index contributed by atoms with van der Waals surface area (Å²) >= 11 is 0. The average Bonchev–Trinajstić information content (AvgIpc) is 2.69. The second-order valence-corrected chi connectivity index (χ2v) is 8.91. The quantitative estimate of drug-likeness (QED) is 0.471. The molecule has 0 saturated carbocycles. The van der Waals surface area contributed by atoms with Crippen LogP contribution >= 0.6 is 0 Å². The van der Waals surface area contributed by atoms with Crippen molar-refractivity contribution in [2.24, 2.45) is 29.1 Å². The van der Waals surface area contributed by atoms with Gasteiger partial charge in [0.2, 0.25) is 0 Å². The predicted molar refractivity (Wildman–Crippen MR) is 110 cm³/mol. The fourth-order valence-corrected chi connectivity index (χ4v) is 4.33. The van der Waals surface area contributed by atoms with Gasteiger partial charge in [-0.2, -0.15) is 0 Å². The average molecular weight is 395 g/mol. The van der Waals surface area contributed by atoms with Crippen molar-refractivity contribution in [2.75, 3.05) is 20.8 Å². The highest BCUT2D eigenvalue weighted by Crippen LogP contribution is 2.45. The highest BCUT2D eigenvalue weighted by Gasteiger charge is 2.43. The molecule has 2 aliphatic carbocycles. The van der Waals surface area contributed by atoms with E-state index in [-0.39, 0.29) is 36.8 Å². The van der Waals surface area contributed by atoms with Crippen LogP contribution in [0.2, 0.25) is 0 Å². The Bertz CT molecular complexity index is 576. The number of hydrogen-bond acceptors (Lipinski definition) is 5. The molecule has 0 aromatic rings. The number of carbonyl (C=O) groups is 1. The number of rotatable bonds is 9. The van der Waals surface area contributed by atoms with Crippen molar-refractivity contribution in [3.63, 3.8) is 0 Å². The first-order chi connectivity index (χ1) is 13.3. The Morgan fingerprint density at radius 3 is 2.57 bits per heavy atom. The first-order valence-corrected chi connectivity index (χ1v) is 10.5. The molecular weight excluding hydrogens is 356 g/mol. The van der Waals surface area contributed by atoms with Gasteiger partial charge in [0.15, 0.2) is 6.29 Å². The minimum absolute atomic E-state index is 0.0261. The summed E-state index contributed by atoms with van der Waals surface area (Å²) in [6.45, 7) is 8.17. The predicted octanol–water partition coefficient (Wildman–Crippen LogP) is 4.11. The smallest absolute Gasteiger partial charge is 0.311 e. The van der Waals surface area contributed by atoms with Crippen LogP contribution in [0.25, 0.3) is 0 Å². The number of aliphatic hydroxyl groups is 1. The molecule has 0 saturated heterocycles. The minimum Gasteiger partial charge on any atom is -0.461 e. The van der Waals surface area contributed by atoms with Gasteiger partial charge in [-0.25, -0.2) is 0 Å². The first kappa shape index (κ1) is 23.1. The van der Waals surface area contributed by atoms with Gasteiger partial charge in [-0.3, -0.25) is 4.79 Å². The van der Waals surface area contributed by atoms with Gasteiger partial charge in [-0.15, -0.1) is 0 Å². The second-order valence-electron chi connectivity index (χ2n) is 8.91. The molecule has 28 heavy (non-hydrogen) atoms. The summed E-state index contributed by atoms with van der Waals surface area (Å²) in [5.41, 5.74) is 0.686. The molecular formula is C23H38O5. The van der Waals surface area contributed by atoms with Crippen LogP contribution in [-0.2, 0) is 19.0 Å². The molecule has 0 amide bonds.